The normalized spacial score (nSPS) is 33.4. The summed E-state index contributed by atoms with van der Waals surface area (Å²) in [5.41, 5.74) is -2.15. The second-order valence-electron chi connectivity index (χ2n) is 22.3. The van der Waals surface area contributed by atoms with Gasteiger partial charge in [-0.15, -0.1) is 0 Å². The SMILES string of the molecule is CCC1OC(COCC2OC(COC(=O)NCCNC(=O)c3cccc(C=O)c3O)C(O)C(O)C2O)C(O)C(COCC2CC(CO)C(O)C(COCC3OC(COC(=O)NCCNC(=O)c4cccc(C=O)c4O)C(C)(O)C(CC)C3O)C2O)C1O. The molecule has 4 aliphatic rings. The molecule has 30 nitrogen and oxygen atoms in total. The van der Waals surface area contributed by atoms with Gasteiger partial charge in [-0.1, -0.05) is 26.0 Å². The molecular weight excluding hydrogens is 1160 g/mol. The van der Waals surface area contributed by atoms with E-state index in [9.17, 15) is 90.0 Å². The van der Waals surface area contributed by atoms with Crippen LogP contribution in [0.3, 0.4) is 0 Å². The highest BCUT2D eigenvalue weighted by atomic mass is 16.6. The van der Waals surface area contributed by atoms with E-state index in [0.29, 0.717) is 19.0 Å². The van der Waals surface area contributed by atoms with Gasteiger partial charge in [0.25, 0.3) is 11.8 Å². The average Bonchev–Trinajstić information content (AvgIpc) is 1.08. The quantitative estimate of drug-likeness (QED) is 0.0279. The maximum atomic E-state index is 12.7. The van der Waals surface area contributed by atoms with Crippen molar-refractivity contribution in [2.75, 3.05) is 85.6 Å². The summed E-state index contributed by atoms with van der Waals surface area (Å²) >= 11 is 0. The Kier molecular flexibility index (Phi) is 26.8. The smallest absolute Gasteiger partial charge is 0.407 e. The number of benzene rings is 2. The van der Waals surface area contributed by atoms with Crippen LogP contribution in [-0.2, 0) is 37.9 Å². The van der Waals surface area contributed by atoms with Gasteiger partial charge in [0.05, 0.1) is 104 Å². The Balaban J connectivity index is 0.941. The van der Waals surface area contributed by atoms with E-state index >= 15 is 0 Å². The molecule has 0 radical (unpaired) electrons. The topological polar surface area (TPSA) is 467 Å². The van der Waals surface area contributed by atoms with Crippen molar-refractivity contribution in [3.8, 4) is 11.5 Å². The van der Waals surface area contributed by atoms with E-state index in [0.717, 1.165) is 0 Å². The van der Waals surface area contributed by atoms with E-state index in [-0.39, 0.29) is 94.3 Å². The molecule has 6 rings (SSSR count). The molecule has 3 saturated heterocycles. The van der Waals surface area contributed by atoms with Gasteiger partial charge in [0.15, 0.2) is 12.6 Å². The zero-order chi connectivity index (χ0) is 63.7. The van der Waals surface area contributed by atoms with Crippen LogP contribution >= 0.6 is 0 Å². The first-order valence-electron chi connectivity index (χ1n) is 28.9. The highest BCUT2D eigenvalue weighted by molar-refractivity contribution is 6.00. The standard InChI is InChI=1S/C57H84N4O26/c1-4-36-49(71)39(87-42(57(36,3)79)27-84-56(78)61-15-13-59-54(76)33-11-7-9-29(18-63)44(33)66)24-81-21-34-45(67)30(19-64)16-31(46(34)68)20-80-22-35-47(69)37(5-2)85-38(48(35)70)23-82-25-40-50(72)52(74)51(73)41(86-40)26-83-55(77)60-14-12-58-53(75)32-10-6-8-28(17-62)43(32)65/h6-11,17-18,30-31,34-42,45-52,64-74,79H,4-5,12-16,19-27H2,1-3H3,(H,58,75)(H,59,76)(H,60,77)(H,61,78). The summed E-state index contributed by atoms with van der Waals surface area (Å²) < 4.78 is 46.1. The Bertz CT molecular complexity index is 2570. The lowest BCUT2D eigenvalue weighted by atomic mass is 9.71. The number of alkyl carbamates (subject to hydrolysis) is 2. The Labute approximate surface area is 500 Å². The van der Waals surface area contributed by atoms with Crippen molar-refractivity contribution in [2.24, 2.45) is 29.6 Å². The average molecular weight is 1240 g/mol. The minimum absolute atomic E-state index is 0.0730. The number of aromatic hydroxyl groups is 2. The molecule has 1 aliphatic carbocycles. The van der Waals surface area contributed by atoms with E-state index in [4.69, 9.17) is 37.9 Å². The van der Waals surface area contributed by atoms with Crippen molar-refractivity contribution >= 4 is 36.6 Å². The Morgan fingerprint density at radius 3 is 1.48 bits per heavy atom. The summed E-state index contributed by atoms with van der Waals surface area (Å²) in [6.45, 7) is 1.23. The predicted octanol–water partition coefficient (Wildman–Crippen LogP) is -3.38. The van der Waals surface area contributed by atoms with Crippen molar-refractivity contribution in [1.82, 2.24) is 21.3 Å². The van der Waals surface area contributed by atoms with Gasteiger partial charge < -0.3 is 120 Å². The molecule has 30 heteroatoms. The number of para-hydroxylation sites is 2. The molecule has 0 spiro atoms. The third-order valence-corrected chi connectivity index (χ3v) is 16.6. The molecule has 3 heterocycles. The number of amides is 4. The second-order valence-corrected chi connectivity index (χ2v) is 22.3. The van der Waals surface area contributed by atoms with Crippen LogP contribution in [-0.4, -0.2) is 275 Å². The fraction of sp³-hybridized carbons (Fsp3) is 0.684. The van der Waals surface area contributed by atoms with Crippen LogP contribution in [0.4, 0.5) is 9.59 Å². The second kappa shape index (κ2) is 33.2. The molecule has 87 heavy (non-hydrogen) atoms. The molecule has 4 fully saturated rings. The van der Waals surface area contributed by atoms with Crippen LogP contribution in [0, 0.1) is 29.6 Å². The van der Waals surface area contributed by atoms with Gasteiger partial charge in [-0.25, -0.2) is 9.59 Å². The van der Waals surface area contributed by atoms with E-state index in [1.165, 1.54) is 43.3 Å². The fourth-order valence-electron chi connectivity index (χ4n) is 11.4. The molecule has 1 saturated carbocycles. The third-order valence-electron chi connectivity index (χ3n) is 16.6. The molecule has 0 aromatic heterocycles. The minimum Gasteiger partial charge on any atom is -0.506 e. The van der Waals surface area contributed by atoms with Gasteiger partial charge in [-0.3, -0.25) is 19.2 Å². The Morgan fingerprint density at radius 1 is 0.529 bits per heavy atom. The summed E-state index contributed by atoms with van der Waals surface area (Å²) in [5.74, 6) is -6.57. The molecule has 2 aromatic rings. The Hall–Kier alpha value is -5.78. The molecule has 16 N–H and O–H groups in total. The molecule has 0 bridgehead atoms. The fourth-order valence-corrected chi connectivity index (χ4v) is 11.4. The van der Waals surface area contributed by atoms with Crippen LogP contribution in [0.25, 0.3) is 0 Å². The number of rotatable bonds is 29. The molecule has 3 aliphatic heterocycles. The van der Waals surface area contributed by atoms with Gasteiger partial charge >= 0.3 is 12.2 Å². The van der Waals surface area contributed by atoms with E-state index < -0.39 is 183 Å². The van der Waals surface area contributed by atoms with E-state index in [1.807, 2.05) is 0 Å². The molecular formula is C57H84N4O26. The van der Waals surface area contributed by atoms with Crippen LogP contribution in [0.15, 0.2) is 36.4 Å². The maximum absolute atomic E-state index is 12.7. The first kappa shape index (κ1) is 70.3. The summed E-state index contributed by atoms with van der Waals surface area (Å²) in [4.78, 5) is 72.3. The number of ether oxygens (including phenoxy) is 8. The van der Waals surface area contributed by atoms with Crippen molar-refractivity contribution in [2.45, 2.75) is 131 Å². The molecule has 4 amide bonds. The number of carbonyl (C=O) groups excluding carboxylic acids is 6. The summed E-state index contributed by atoms with van der Waals surface area (Å²) in [5, 5.41) is 141. The minimum atomic E-state index is -1.76. The number of phenolic OH excluding ortho intramolecular Hbond substituents is 2. The first-order chi connectivity index (χ1) is 41.5. The molecule has 20 atom stereocenters. The summed E-state index contributed by atoms with van der Waals surface area (Å²) in [6, 6.07) is 8.12. The number of aliphatic hydroxyl groups is 10. The highest BCUT2D eigenvalue weighted by Crippen LogP contribution is 2.39. The summed E-state index contributed by atoms with van der Waals surface area (Å²) in [7, 11) is 0. The largest absolute Gasteiger partial charge is 0.506 e. The number of aliphatic hydroxyl groups excluding tert-OH is 9. The number of aldehydes is 2. The third kappa shape index (κ3) is 17.8. The van der Waals surface area contributed by atoms with Gasteiger partial charge in [-0.2, -0.15) is 0 Å². The number of nitrogens with one attached hydrogen (secondary N) is 4. The lowest BCUT2D eigenvalue weighted by Crippen LogP contribution is -2.63. The number of phenols is 2. The number of hydrogen-bond donors (Lipinski definition) is 16. The Morgan fingerprint density at radius 2 is 0.966 bits per heavy atom. The van der Waals surface area contributed by atoms with Crippen LogP contribution in [0.5, 0.6) is 11.5 Å². The number of carbonyl (C=O) groups is 6. The van der Waals surface area contributed by atoms with Gasteiger partial charge in [-0.05, 0) is 50.5 Å². The number of hydrogen-bond acceptors (Lipinski definition) is 26. The van der Waals surface area contributed by atoms with Crippen molar-refractivity contribution in [3.05, 3.63) is 58.7 Å². The highest BCUT2D eigenvalue weighted by Gasteiger charge is 2.53. The molecule has 488 valence electrons. The zero-order valence-electron chi connectivity index (χ0n) is 48.5. The molecule has 20 unspecified atom stereocenters. The molecule has 2 aromatic carbocycles. The predicted molar refractivity (Wildman–Crippen MR) is 297 cm³/mol. The van der Waals surface area contributed by atoms with E-state index in [2.05, 4.69) is 21.3 Å². The van der Waals surface area contributed by atoms with Crippen LogP contribution in [0.1, 0.15) is 81.5 Å². The monoisotopic (exact) mass is 1240 g/mol. The zero-order valence-corrected chi connectivity index (χ0v) is 48.5. The van der Waals surface area contributed by atoms with Crippen molar-refractivity contribution < 1.29 is 128 Å². The van der Waals surface area contributed by atoms with Crippen molar-refractivity contribution in [1.29, 1.82) is 0 Å². The lowest BCUT2D eigenvalue weighted by molar-refractivity contribution is -0.260. The van der Waals surface area contributed by atoms with Crippen molar-refractivity contribution in [3.63, 3.8) is 0 Å². The first-order valence-corrected chi connectivity index (χ1v) is 28.9. The maximum Gasteiger partial charge on any atom is 0.407 e. The van der Waals surface area contributed by atoms with Gasteiger partial charge in [0.2, 0.25) is 0 Å². The lowest BCUT2D eigenvalue weighted by Gasteiger charge is -2.49. The van der Waals surface area contributed by atoms with Gasteiger partial charge in [0, 0.05) is 62.4 Å². The van der Waals surface area contributed by atoms with Crippen LogP contribution < -0.4 is 21.3 Å². The van der Waals surface area contributed by atoms with Gasteiger partial charge in [0.1, 0.15) is 73.5 Å². The van der Waals surface area contributed by atoms with Crippen LogP contribution in [0.2, 0.25) is 0 Å². The summed E-state index contributed by atoms with van der Waals surface area (Å²) in [6.07, 6.45) is -18.8. The van der Waals surface area contributed by atoms with E-state index in [1.54, 1.807) is 13.8 Å².